The Kier molecular flexibility index (Phi) is 5.44. The van der Waals surface area contributed by atoms with Crippen molar-refractivity contribution in [3.8, 4) is 11.8 Å². The van der Waals surface area contributed by atoms with E-state index in [1.165, 1.54) is 12.1 Å². The van der Waals surface area contributed by atoms with Crippen molar-refractivity contribution in [2.24, 2.45) is 5.92 Å². The summed E-state index contributed by atoms with van der Waals surface area (Å²) in [6.45, 7) is 0.531. The Morgan fingerprint density at radius 1 is 1.03 bits per heavy atom. The maximum atomic E-state index is 13.0. The molecular formula is C26H25FN2O3. The number of nitrogens with zero attached hydrogens (tertiary/aromatic N) is 2. The second-order valence-electron chi connectivity index (χ2n) is 8.94. The van der Waals surface area contributed by atoms with E-state index in [0.717, 1.165) is 29.5 Å². The van der Waals surface area contributed by atoms with Gasteiger partial charge in [0.1, 0.15) is 5.82 Å². The zero-order valence-corrected chi connectivity index (χ0v) is 17.7. The summed E-state index contributed by atoms with van der Waals surface area (Å²) >= 11 is 0. The number of aliphatic hydroxyl groups excluding tert-OH is 1. The summed E-state index contributed by atoms with van der Waals surface area (Å²) < 4.78 is 13.0. The summed E-state index contributed by atoms with van der Waals surface area (Å²) in [5.74, 6) is 6.27. The number of fused-ring (bicyclic) bond motifs is 1. The second-order valence-corrected chi connectivity index (χ2v) is 8.94. The lowest BCUT2D eigenvalue weighted by Crippen LogP contribution is -2.73. The molecule has 0 bridgehead atoms. The Labute approximate surface area is 186 Å². The first-order valence-corrected chi connectivity index (χ1v) is 11.1. The Bertz CT molecular complexity index is 1080. The van der Waals surface area contributed by atoms with E-state index in [2.05, 4.69) is 11.8 Å². The van der Waals surface area contributed by atoms with Gasteiger partial charge in [0.15, 0.2) is 0 Å². The van der Waals surface area contributed by atoms with Gasteiger partial charge in [0, 0.05) is 30.0 Å². The lowest BCUT2D eigenvalue weighted by atomic mass is 9.73. The molecule has 5 nitrogen and oxygen atoms in total. The Hall–Kier alpha value is -3.17. The number of halogens is 1. The SMILES string of the molecule is O=C(CC1CC1)N1CC(=O)N2[C@H](C1)[C@@H](c1ccc(C#Cc3ccc(F)cc3)cc1)[C@@H]2CO. The highest BCUT2D eigenvalue weighted by Crippen LogP contribution is 2.43. The average Bonchev–Trinajstić information content (AvgIpc) is 3.59. The maximum Gasteiger partial charge on any atom is 0.242 e. The van der Waals surface area contributed by atoms with Crippen LogP contribution in [-0.2, 0) is 9.59 Å². The number of amides is 2. The van der Waals surface area contributed by atoms with Gasteiger partial charge in [-0.15, -0.1) is 0 Å². The minimum absolute atomic E-state index is 0.0143. The lowest BCUT2D eigenvalue weighted by Gasteiger charge is -2.58. The fourth-order valence-electron chi connectivity index (χ4n) is 4.85. The van der Waals surface area contributed by atoms with Gasteiger partial charge in [0.25, 0.3) is 0 Å². The summed E-state index contributed by atoms with van der Waals surface area (Å²) in [5.41, 5.74) is 2.60. The minimum atomic E-state index is -0.290. The van der Waals surface area contributed by atoms with E-state index < -0.39 is 0 Å². The molecule has 3 aliphatic rings. The Morgan fingerprint density at radius 2 is 1.66 bits per heavy atom. The number of carbonyl (C=O) groups is 2. The second kappa shape index (κ2) is 8.40. The van der Waals surface area contributed by atoms with Crippen LogP contribution in [0, 0.1) is 23.6 Å². The zero-order chi connectivity index (χ0) is 22.2. The molecule has 0 radical (unpaired) electrons. The molecule has 3 fully saturated rings. The molecule has 0 spiro atoms. The van der Waals surface area contributed by atoms with Crippen molar-refractivity contribution >= 4 is 11.8 Å². The third-order valence-electron chi connectivity index (χ3n) is 6.76. The molecule has 2 amide bonds. The predicted molar refractivity (Wildman–Crippen MR) is 117 cm³/mol. The summed E-state index contributed by atoms with van der Waals surface area (Å²) in [6.07, 6.45) is 2.75. The molecule has 2 aromatic rings. The van der Waals surface area contributed by atoms with Crippen LogP contribution in [-0.4, -0.2) is 58.5 Å². The third-order valence-corrected chi connectivity index (χ3v) is 6.76. The molecule has 1 saturated carbocycles. The van der Waals surface area contributed by atoms with Crippen LogP contribution in [0.3, 0.4) is 0 Å². The number of hydrogen-bond donors (Lipinski definition) is 1. The van der Waals surface area contributed by atoms with Gasteiger partial charge in [-0.3, -0.25) is 9.59 Å². The normalized spacial score (nSPS) is 24.3. The highest BCUT2D eigenvalue weighted by atomic mass is 19.1. The van der Waals surface area contributed by atoms with E-state index in [9.17, 15) is 19.1 Å². The highest BCUT2D eigenvalue weighted by Gasteiger charge is 2.54. The smallest absolute Gasteiger partial charge is 0.242 e. The van der Waals surface area contributed by atoms with Crippen LogP contribution in [0.5, 0.6) is 0 Å². The predicted octanol–water partition coefficient (Wildman–Crippen LogP) is 2.52. The van der Waals surface area contributed by atoms with Gasteiger partial charge in [-0.05, 0) is 60.7 Å². The molecule has 5 rings (SSSR count). The lowest BCUT2D eigenvalue weighted by molar-refractivity contribution is -0.167. The zero-order valence-electron chi connectivity index (χ0n) is 17.7. The summed E-state index contributed by atoms with van der Waals surface area (Å²) in [4.78, 5) is 28.7. The Balaban J connectivity index is 1.31. The maximum absolute atomic E-state index is 13.0. The molecule has 1 aliphatic carbocycles. The van der Waals surface area contributed by atoms with Gasteiger partial charge >= 0.3 is 0 Å². The van der Waals surface area contributed by atoms with Gasteiger partial charge in [0.2, 0.25) is 11.8 Å². The molecule has 0 aromatic heterocycles. The summed E-state index contributed by atoms with van der Waals surface area (Å²) in [7, 11) is 0. The van der Waals surface area contributed by atoms with Crippen LogP contribution in [0.4, 0.5) is 4.39 Å². The molecule has 2 saturated heterocycles. The quantitative estimate of drug-likeness (QED) is 0.756. The molecular weight excluding hydrogens is 407 g/mol. The third kappa shape index (κ3) is 4.01. The van der Waals surface area contributed by atoms with E-state index in [4.69, 9.17) is 0 Å². The summed E-state index contributed by atoms with van der Waals surface area (Å²) in [5, 5.41) is 9.94. The number of hydrogen-bond acceptors (Lipinski definition) is 3. The number of aliphatic hydroxyl groups is 1. The van der Waals surface area contributed by atoms with Crippen molar-refractivity contribution in [2.75, 3.05) is 19.7 Å². The molecule has 2 heterocycles. The minimum Gasteiger partial charge on any atom is -0.394 e. The Morgan fingerprint density at radius 3 is 2.25 bits per heavy atom. The van der Waals surface area contributed by atoms with Gasteiger partial charge in [-0.1, -0.05) is 24.0 Å². The van der Waals surface area contributed by atoms with E-state index in [1.54, 1.807) is 21.9 Å². The van der Waals surface area contributed by atoms with E-state index in [0.29, 0.717) is 18.9 Å². The van der Waals surface area contributed by atoms with Crippen LogP contribution >= 0.6 is 0 Å². The highest BCUT2D eigenvalue weighted by molar-refractivity contribution is 5.88. The average molecular weight is 432 g/mol. The van der Waals surface area contributed by atoms with Gasteiger partial charge in [-0.25, -0.2) is 4.39 Å². The fourth-order valence-corrected chi connectivity index (χ4v) is 4.85. The molecule has 2 aromatic carbocycles. The van der Waals surface area contributed by atoms with Gasteiger partial charge in [-0.2, -0.15) is 0 Å². The van der Waals surface area contributed by atoms with Crippen LogP contribution in [0.2, 0.25) is 0 Å². The molecule has 32 heavy (non-hydrogen) atoms. The van der Waals surface area contributed by atoms with Crippen molar-refractivity contribution in [1.82, 2.24) is 9.80 Å². The number of benzene rings is 2. The van der Waals surface area contributed by atoms with Gasteiger partial charge < -0.3 is 14.9 Å². The fraction of sp³-hybridized carbons (Fsp3) is 0.385. The largest absolute Gasteiger partial charge is 0.394 e. The molecule has 0 unspecified atom stereocenters. The van der Waals surface area contributed by atoms with E-state index in [-0.39, 0.29) is 48.8 Å². The monoisotopic (exact) mass is 432 g/mol. The van der Waals surface area contributed by atoms with Crippen molar-refractivity contribution in [1.29, 1.82) is 0 Å². The first-order valence-electron chi connectivity index (χ1n) is 11.1. The number of carbonyl (C=O) groups excluding carboxylic acids is 2. The van der Waals surface area contributed by atoms with Crippen molar-refractivity contribution in [3.63, 3.8) is 0 Å². The molecule has 2 aliphatic heterocycles. The van der Waals surface area contributed by atoms with Gasteiger partial charge in [0.05, 0.1) is 25.2 Å². The molecule has 164 valence electrons. The summed E-state index contributed by atoms with van der Waals surface area (Å²) in [6, 6.07) is 13.5. The standard InChI is InChI=1S/C26H25FN2O3/c27-21-11-7-18(8-12-21)2-1-17-5-9-20(10-6-17)26-22-14-28(24(31)13-19-3-4-19)15-25(32)29(22)23(26)16-30/h5-12,19,22-23,26,30H,3-4,13-16H2/t22-,23+,26-/m1/s1. The van der Waals surface area contributed by atoms with Crippen LogP contribution in [0.15, 0.2) is 48.5 Å². The molecule has 1 N–H and O–H groups in total. The number of rotatable bonds is 4. The topological polar surface area (TPSA) is 60.9 Å². The first kappa shape index (κ1) is 20.7. The molecule has 3 atom stereocenters. The molecule has 6 heteroatoms. The van der Waals surface area contributed by atoms with Crippen molar-refractivity contribution < 1.29 is 19.1 Å². The van der Waals surface area contributed by atoms with Crippen molar-refractivity contribution in [2.45, 2.75) is 37.3 Å². The number of piperazine rings is 1. The van der Waals surface area contributed by atoms with Crippen LogP contribution in [0.25, 0.3) is 0 Å². The van der Waals surface area contributed by atoms with Crippen LogP contribution in [0.1, 0.15) is 41.9 Å². The van der Waals surface area contributed by atoms with E-state index in [1.807, 2.05) is 24.3 Å². The van der Waals surface area contributed by atoms with Crippen molar-refractivity contribution in [3.05, 3.63) is 71.0 Å². The van der Waals surface area contributed by atoms with Crippen LogP contribution < -0.4 is 0 Å². The first-order chi connectivity index (χ1) is 15.5. The van der Waals surface area contributed by atoms with E-state index >= 15 is 0 Å².